The molecule has 0 aliphatic heterocycles. The number of nitrogens with zero attached hydrogens (tertiary/aromatic N) is 5. The molecule has 2 aliphatic rings. The van der Waals surface area contributed by atoms with Crippen molar-refractivity contribution in [1.82, 2.24) is 24.6 Å². The van der Waals surface area contributed by atoms with Crippen LogP contribution in [0.3, 0.4) is 0 Å². The standard InChI is InChI=1S/C16H33N.C12H14ClN5/c1-3-5-10-14-17(15-11-6-4-2)16-12-8-7-9-13-16;1-18-10(4-7-2-3-7)8(5-16-18)11-9(13)6-15-12(14)17-11/h16H,3-15H2,1-2H3;5-7H,2-4H2,1H3,(H2,14,15,17). The van der Waals surface area contributed by atoms with Crippen LogP contribution in [0.2, 0.25) is 5.02 Å². The number of nitrogens with two attached hydrogens (primary N) is 1. The summed E-state index contributed by atoms with van der Waals surface area (Å²) >= 11 is 6.15. The first-order valence-electron chi connectivity index (χ1n) is 14.1. The van der Waals surface area contributed by atoms with E-state index in [1.54, 1.807) is 6.20 Å². The fraction of sp³-hybridized carbons (Fsp3) is 0.750. The summed E-state index contributed by atoms with van der Waals surface area (Å²) in [5.74, 6) is 1.01. The molecule has 0 aromatic carbocycles. The van der Waals surface area contributed by atoms with Gasteiger partial charge >= 0.3 is 0 Å². The molecule has 7 heteroatoms. The third kappa shape index (κ3) is 9.05. The van der Waals surface area contributed by atoms with Crippen LogP contribution in [0.5, 0.6) is 0 Å². The third-order valence-corrected chi connectivity index (χ3v) is 7.72. The number of halogens is 1. The average Bonchev–Trinajstić information content (AvgIpc) is 3.62. The molecule has 0 spiro atoms. The van der Waals surface area contributed by atoms with Crippen molar-refractivity contribution < 1.29 is 0 Å². The van der Waals surface area contributed by atoms with Crippen LogP contribution in [0.25, 0.3) is 11.3 Å². The van der Waals surface area contributed by atoms with Crippen molar-refractivity contribution in [2.75, 3.05) is 18.8 Å². The molecule has 6 nitrogen and oxygen atoms in total. The smallest absolute Gasteiger partial charge is 0.220 e. The van der Waals surface area contributed by atoms with Crippen molar-refractivity contribution >= 4 is 17.5 Å². The van der Waals surface area contributed by atoms with Crippen LogP contribution in [-0.4, -0.2) is 43.8 Å². The maximum atomic E-state index is 6.15. The summed E-state index contributed by atoms with van der Waals surface area (Å²) in [6.07, 6.45) is 22.7. The van der Waals surface area contributed by atoms with E-state index in [9.17, 15) is 0 Å². The fourth-order valence-corrected chi connectivity index (χ4v) is 5.31. The number of aryl methyl sites for hydroxylation is 1. The Morgan fingerprint density at radius 2 is 1.63 bits per heavy atom. The average molecular weight is 503 g/mol. The monoisotopic (exact) mass is 502 g/mol. The second-order valence-electron chi connectivity index (χ2n) is 10.4. The lowest BCUT2D eigenvalue weighted by atomic mass is 9.93. The van der Waals surface area contributed by atoms with Crippen LogP contribution in [-0.2, 0) is 13.5 Å². The van der Waals surface area contributed by atoms with Crippen LogP contribution in [0.15, 0.2) is 12.4 Å². The Morgan fingerprint density at radius 1 is 0.971 bits per heavy atom. The second kappa shape index (κ2) is 14.8. The summed E-state index contributed by atoms with van der Waals surface area (Å²) in [5.41, 5.74) is 8.43. The summed E-state index contributed by atoms with van der Waals surface area (Å²) in [4.78, 5) is 10.9. The van der Waals surface area contributed by atoms with Gasteiger partial charge < -0.3 is 10.6 Å². The van der Waals surface area contributed by atoms with Gasteiger partial charge in [-0.1, -0.05) is 70.4 Å². The van der Waals surface area contributed by atoms with Crippen molar-refractivity contribution in [3.8, 4) is 11.3 Å². The number of aromatic nitrogens is 4. The summed E-state index contributed by atoms with van der Waals surface area (Å²) in [7, 11) is 1.94. The third-order valence-electron chi connectivity index (χ3n) is 7.45. The lowest BCUT2D eigenvalue weighted by molar-refractivity contribution is 0.150. The van der Waals surface area contributed by atoms with Gasteiger partial charge in [0, 0.05) is 24.3 Å². The van der Waals surface area contributed by atoms with Crippen LogP contribution in [0.4, 0.5) is 5.95 Å². The fourth-order valence-electron chi connectivity index (χ4n) is 5.12. The number of hydrogen-bond donors (Lipinski definition) is 1. The Kier molecular flexibility index (Phi) is 11.8. The minimum absolute atomic E-state index is 0.232. The van der Waals surface area contributed by atoms with Crippen molar-refractivity contribution in [2.24, 2.45) is 13.0 Å². The normalized spacial score (nSPS) is 16.4. The molecule has 0 atom stereocenters. The highest BCUT2D eigenvalue weighted by molar-refractivity contribution is 6.32. The van der Waals surface area contributed by atoms with Crippen molar-refractivity contribution in [1.29, 1.82) is 0 Å². The number of unbranched alkanes of at least 4 members (excludes halogenated alkanes) is 4. The molecular weight excluding hydrogens is 456 g/mol. The Bertz CT molecular complexity index is 862. The predicted octanol–water partition coefficient (Wildman–Crippen LogP) is 7.07. The number of rotatable bonds is 12. The maximum Gasteiger partial charge on any atom is 0.220 e. The van der Waals surface area contributed by atoms with Crippen LogP contribution < -0.4 is 5.73 Å². The summed E-state index contributed by atoms with van der Waals surface area (Å²) in [5, 5.41) is 4.81. The molecule has 4 rings (SSSR count). The minimum atomic E-state index is 0.232. The van der Waals surface area contributed by atoms with Crippen LogP contribution >= 0.6 is 11.6 Å². The lowest BCUT2D eigenvalue weighted by Gasteiger charge is -2.34. The van der Waals surface area contributed by atoms with Gasteiger partial charge in [0.25, 0.3) is 0 Å². The Morgan fingerprint density at radius 3 is 2.23 bits per heavy atom. The largest absolute Gasteiger partial charge is 0.368 e. The first-order chi connectivity index (χ1) is 17.0. The Hall–Kier alpha value is -1.66. The SMILES string of the molecule is CCCCCN(CCCCC)C1CCCCC1.Cn1ncc(-c2nc(N)ncc2Cl)c1CC1CC1. The molecule has 2 saturated carbocycles. The molecule has 2 N–H and O–H groups in total. The molecule has 0 saturated heterocycles. The van der Waals surface area contributed by atoms with Gasteiger partial charge in [-0.15, -0.1) is 0 Å². The highest BCUT2D eigenvalue weighted by Gasteiger charge is 2.26. The molecule has 0 bridgehead atoms. The molecular formula is C28H47ClN6. The van der Waals surface area contributed by atoms with Gasteiger partial charge in [-0.05, 0) is 64.0 Å². The van der Waals surface area contributed by atoms with Crippen molar-refractivity contribution in [3.63, 3.8) is 0 Å². The van der Waals surface area contributed by atoms with Gasteiger partial charge in [0.2, 0.25) is 5.95 Å². The number of hydrogen-bond acceptors (Lipinski definition) is 5. The molecule has 196 valence electrons. The molecule has 2 aromatic heterocycles. The van der Waals surface area contributed by atoms with Gasteiger partial charge in [-0.3, -0.25) is 4.68 Å². The highest BCUT2D eigenvalue weighted by atomic mass is 35.5. The highest BCUT2D eigenvalue weighted by Crippen LogP contribution is 2.36. The van der Waals surface area contributed by atoms with E-state index in [0.29, 0.717) is 10.7 Å². The van der Waals surface area contributed by atoms with E-state index in [-0.39, 0.29) is 5.95 Å². The van der Waals surface area contributed by atoms with Gasteiger partial charge in [-0.2, -0.15) is 5.10 Å². The molecule has 35 heavy (non-hydrogen) atoms. The first-order valence-corrected chi connectivity index (χ1v) is 14.4. The lowest BCUT2D eigenvalue weighted by Crippen LogP contribution is -2.38. The van der Waals surface area contributed by atoms with E-state index in [0.717, 1.165) is 29.6 Å². The maximum absolute atomic E-state index is 6.15. The Labute approximate surface area is 218 Å². The van der Waals surface area contributed by atoms with E-state index in [4.69, 9.17) is 17.3 Å². The molecule has 0 radical (unpaired) electrons. The first kappa shape index (κ1) is 27.9. The van der Waals surface area contributed by atoms with Gasteiger partial charge in [-0.25, -0.2) is 9.97 Å². The minimum Gasteiger partial charge on any atom is -0.368 e. The zero-order chi connectivity index (χ0) is 25.0. The molecule has 2 heterocycles. The van der Waals surface area contributed by atoms with Gasteiger partial charge in [0.1, 0.15) is 0 Å². The molecule has 2 aromatic rings. The van der Waals surface area contributed by atoms with E-state index in [2.05, 4.69) is 33.8 Å². The number of anilines is 1. The Balaban J connectivity index is 0.000000196. The van der Waals surface area contributed by atoms with Gasteiger partial charge in [0.15, 0.2) is 0 Å². The summed E-state index contributed by atoms with van der Waals surface area (Å²) in [6, 6.07) is 0.928. The van der Waals surface area contributed by atoms with E-state index >= 15 is 0 Å². The summed E-state index contributed by atoms with van der Waals surface area (Å²) in [6.45, 7) is 7.34. The van der Waals surface area contributed by atoms with E-state index < -0.39 is 0 Å². The quantitative estimate of drug-likeness (QED) is 0.314. The zero-order valence-corrected chi connectivity index (χ0v) is 23.1. The molecule has 0 unspecified atom stereocenters. The van der Waals surface area contributed by atoms with Crippen LogP contribution in [0.1, 0.15) is 103 Å². The number of nitrogen functional groups attached to an aromatic ring is 1. The van der Waals surface area contributed by atoms with E-state index in [1.165, 1.54) is 103 Å². The molecule has 0 amide bonds. The van der Waals surface area contributed by atoms with Crippen LogP contribution in [0, 0.1) is 5.92 Å². The topological polar surface area (TPSA) is 72.9 Å². The second-order valence-corrected chi connectivity index (χ2v) is 10.9. The zero-order valence-electron chi connectivity index (χ0n) is 22.3. The molecule has 2 aliphatic carbocycles. The predicted molar refractivity (Wildman–Crippen MR) is 148 cm³/mol. The van der Waals surface area contributed by atoms with Crippen molar-refractivity contribution in [2.45, 2.75) is 110 Å². The summed E-state index contributed by atoms with van der Waals surface area (Å²) < 4.78 is 1.89. The van der Waals surface area contributed by atoms with Crippen molar-refractivity contribution in [3.05, 3.63) is 23.1 Å². The van der Waals surface area contributed by atoms with E-state index in [1.807, 2.05) is 11.7 Å². The molecule has 2 fully saturated rings. The van der Waals surface area contributed by atoms with Gasteiger partial charge in [0.05, 0.1) is 23.1 Å².